The molecule has 10 heteroatoms. The van der Waals surface area contributed by atoms with Crippen LogP contribution in [0, 0.1) is 12.8 Å². The number of rotatable bonds is 12. The van der Waals surface area contributed by atoms with Crippen LogP contribution in [0.5, 0.6) is 0 Å². The second-order valence-corrected chi connectivity index (χ2v) is 12.0. The minimum atomic E-state index is -3.55. The average molecular weight is 557 g/mol. The van der Waals surface area contributed by atoms with Crippen LogP contribution >= 0.6 is 23.2 Å². The standard InChI is InChI=1S/C26H35Cl2N3O4S/c1-18(2)16-29-26(33)20(4)30(17-21-12-13-22(27)15-23(21)28)25(32)11-8-14-31(36(5,34)35)24-10-7-6-9-19(24)3/h6-7,9-10,12-13,15,18,20H,8,11,14,16-17H2,1-5H3,(H,29,33)/t20-/m1/s1. The van der Waals surface area contributed by atoms with Gasteiger partial charge in [0.2, 0.25) is 21.8 Å². The first kappa shape index (κ1) is 29.9. The Morgan fingerprint density at radius 3 is 2.31 bits per heavy atom. The Kier molecular flexibility index (Phi) is 11.1. The van der Waals surface area contributed by atoms with E-state index in [1.54, 1.807) is 37.3 Å². The van der Waals surface area contributed by atoms with E-state index in [-0.39, 0.29) is 43.7 Å². The quantitative estimate of drug-likeness (QED) is 0.397. The molecule has 0 bridgehead atoms. The first-order chi connectivity index (χ1) is 16.8. The zero-order valence-corrected chi connectivity index (χ0v) is 23.8. The van der Waals surface area contributed by atoms with Crippen LogP contribution in [-0.4, -0.2) is 50.5 Å². The van der Waals surface area contributed by atoms with Crippen molar-refractivity contribution >= 4 is 50.7 Å². The molecule has 2 aromatic rings. The molecule has 0 aliphatic carbocycles. The van der Waals surface area contributed by atoms with E-state index < -0.39 is 16.1 Å². The fraction of sp³-hybridized carbons (Fsp3) is 0.462. The van der Waals surface area contributed by atoms with Crippen molar-refractivity contribution in [1.82, 2.24) is 10.2 Å². The van der Waals surface area contributed by atoms with Gasteiger partial charge in [-0.1, -0.05) is 61.3 Å². The summed E-state index contributed by atoms with van der Waals surface area (Å²) in [4.78, 5) is 27.6. The van der Waals surface area contributed by atoms with E-state index in [1.165, 1.54) is 9.21 Å². The number of benzene rings is 2. The van der Waals surface area contributed by atoms with Gasteiger partial charge < -0.3 is 10.2 Å². The zero-order valence-electron chi connectivity index (χ0n) is 21.4. The molecular formula is C26H35Cl2N3O4S. The number of nitrogens with one attached hydrogen (secondary N) is 1. The third-order valence-corrected chi connectivity index (χ3v) is 7.51. The van der Waals surface area contributed by atoms with Crippen molar-refractivity contribution in [3.8, 4) is 0 Å². The van der Waals surface area contributed by atoms with Crippen molar-refractivity contribution < 1.29 is 18.0 Å². The Balaban J connectivity index is 2.21. The number of carbonyl (C=O) groups excluding carboxylic acids is 2. The summed E-state index contributed by atoms with van der Waals surface area (Å²) in [5, 5.41) is 3.75. The lowest BCUT2D eigenvalue weighted by molar-refractivity contribution is -0.140. The molecule has 0 unspecified atom stereocenters. The first-order valence-electron chi connectivity index (χ1n) is 11.9. The van der Waals surface area contributed by atoms with E-state index in [0.29, 0.717) is 27.8 Å². The summed E-state index contributed by atoms with van der Waals surface area (Å²) in [7, 11) is -3.55. The van der Waals surface area contributed by atoms with Gasteiger partial charge in [0.1, 0.15) is 6.04 Å². The van der Waals surface area contributed by atoms with Crippen molar-refractivity contribution in [1.29, 1.82) is 0 Å². The maximum atomic E-state index is 13.4. The van der Waals surface area contributed by atoms with Gasteiger partial charge in [-0.15, -0.1) is 0 Å². The van der Waals surface area contributed by atoms with Crippen molar-refractivity contribution in [2.24, 2.45) is 5.92 Å². The van der Waals surface area contributed by atoms with Crippen LogP contribution in [0.25, 0.3) is 0 Å². The highest BCUT2D eigenvalue weighted by atomic mass is 35.5. The molecule has 0 aliphatic rings. The third kappa shape index (κ3) is 8.68. The van der Waals surface area contributed by atoms with Gasteiger partial charge in [0, 0.05) is 36.1 Å². The van der Waals surface area contributed by atoms with Gasteiger partial charge in [-0.3, -0.25) is 13.9 Å². The highest BCUT2D eigenvalue weighted by molar-refractivity contribution is 7.92. The molecule has 2 rings (SSSR count). The number of amides is 2. The van der Waals surface area contributed by atoms with Gasteiger partial charge in [0.25, 0.3) is 0 Å². The number of aryl methyl sites for hydroxylation is 1. The Bertz CT molecular complexity index is 1170. The van der Waals surface area contributed by atoms with Crippen LogP contribution in [0.3, 0.4) is 0 Å². The SMILES string of the molecule is Cc1ccccc1N(CCCC(=O)N(Cc1ccc(Cl)cc1Cl)[C@H](C)C(=O)NCC(C)C)S(C)(=O)=O. The molecular weight excluding hydrogens is 521 g/mol. The van der Waals surface area contributed by atoms with Crippen LogP contribution in [0.15, 0.2) is 42.5 Å². The van der Waals surface area contributed by atoms with Crippen LogP contribution < -0.4 is 9.62 Å². The minimum absolute atomic E-state index is 0.0604. The molecule has 1 N–H and O–H groups in total. The van der Waals surface area contributed by atoms with E-state index in [0.717, 1.165) is 11.8 Å². The molecule has 0 aromatic heterocycles. The summed E-state index contributed by atoms with van der Waals surface area (Å²) < 4.78 is 26.3. The maximum Gasteiger partial charge on any atom is 0.242 e. The largest absolute Gasteiger partial charge is 0.354 e. The first-order valence-corrected chi connectivity index (χ1v) is 14.5. The predicted octanol–water partition coefficient (Wildman–Crippen LogP) is 5.04. The smallest absolute Gasteiger partial charge is 0.242 e. The summed E-state index contributed by atoms with van der Waals surface area (Å²) >= 11 is 12.4. The molecule has 0 aliphatic heterocycles. The molecule has 1 atom stereocenters. The van der Waals surface area contributed by atoms with Crippen LogP contribution in [0.4, 0.5) is 5.69 Å². The lowest BCUT2D eigenvalue weighted by Gasteiger charge is -2.30. The van der Waals surface area contributed by atoms with Gasteiger partial charge in [-0.25, -0.2) is 8.42 Å². The normalized spacial score (nSPS) is 12.3. The molecule has 0 spiro atoms. The second kappa shape index (κ2) is 13.3. The van der Waals surface area contributed by atoms with Crippen molar-refractivity contribution in [3.05, 3.63) is 63.6 Å². The second-order valence-electron chi connectivity index (χ2n) is 9.30. The van der Waals surface area contributed by atoms with Crippen LogP contribution in [0.1, 0.15) is 44.7 Å². The molecule has 0 radical (unpaired) electrons. The van der Waals surface area contributed by atoms with Crippen molar-refractivity contribution in [3.63, 3.8) is 0 Å². The lowest BCUT2D eigenvalue weighted by Crippen LogP contribution is -2.48. The lowest BCUT2D eigenvalue weighted by atomic mass is 10.1. The predicted molar refractivity (Wildman–Crippen MR) is 147 cm³/mol. The number of anilines is 1. The van der Waals surface area contributed by atoms with Gasteiger partial charge in [-0.2, -0.15) is 0 Å². The number of halogens is 2. The molecule has 2 amide bonds. The monoisotopic (exact) mass is 555 g/mol. The summed E-state index contributed by atoms with van der Waals surface area (Å²) in [6.45, 7) is 8.25. The Morgan fingerprint density at radius 1 is 1.06 bits per heavy atom. The zero-order chi connectivity index (χ0) is 27.0. The molecule has 36 heavy (non-hydrogen) atoms. The van der Waals surface area contributed by atoms with Crippen molar-refractivity contribution in [2.45, 2.75) is 53.1 Å². The van der Waals surface area contributed by atoms with Crippen molar-refractivity contribution in [2.75, 3.05) is 23.7 Å². The number of hydrogen-bond acceptors (Lipinski definition) is 4. The van der Waals surface area contributed by atoms with Gasteiger partial charge in [0.15, 0.2) is 0 Å². The van der Waals surface area contributed by atoms with E-state index in [9.17, 15) is 18.0 Å². The Labute approximate surface area is 224 Å². The number of carbonyl (C=O) groups is 2. The number of nitrogens with zero attached hydrogens (tertiary/aromatic N) is 2. The van der Waals surface area contributed by atoms with E-state index in [1.807, 2.05) is 32.9 Å². The van der Waals surface area contributed by atoms with Crippen LogP contribution in [-0.2, 0) is 26.2 Å². The number of para-hydroxylation sites is 1. The summed E-state index contributed by atoms with van der Waals surface area (Å²) in [5.74, 6) is -0.273. The highest BCUT2D eigenvalue weighted by Crippen LogP contribution is 2.25. The highest BCUT2D eigenvalue weighted by Gasteiger charge is 2.27. The minimum Gasteiger partial charge on any atom is -0.354 e. The van der Waals surface area contributed by atoms with Gasteiger partial charge in [0.05, 0.1) is 11.9 Å². The Hall–Kier alpha value is -2.29. The van der Waals surface area contributed by atoms with E-state index in [2.05, 4.69) is 5.32 Å². The average Bonchev–Trinajstić information content (AvgIpc) is 2.79. The number of hydrogen-bond donors (Lipinski definition) is 1. The molecule has 7 nitrogen and oxygen atoms in total. The number of sulfonamides is 1. The van der Waals surface area contributed by atoms with Crippen LogP contribution in [0.2, 0.25) is 10.0 Å². The van der Waals surface area contributed by atoms with Gasteiger partial charge >= 0.3 is 0 Å². The summed E-state index contributed by atoms with van der Waals surface area (Å²) in [5.41, 5.74) is 2.07. The maximum absolute atomic E-state index is 13.4. The molecule has 0 saturated heterocycles. The van der Waals surface area contributed by atoms with E-state index >= 15 is 0 Å². The third-order valence-electron chi connectivity index (χ3n) is 5.74. The fourth-order valence-electron chi connectivity index (χ4n) is 3.69. The fourth-order valence-corrected chi connectivity index (χ4v) is 5.19. The molecule has 0 fully saturated rings. The Morgan fingerprint density at radius 2 is 1.72 bits per heavy atom. The molecule has 198 valence electrons. The summed E-state index contributed by atoms with van der Waals surface area (Å²) in [6.07, 6.45) is 1.49. The van der Waals surface area contributed by atoms with Gasteiger partial charge in [-0.05, 0) is 55.5 Å². The molecule has 0 saturated carbocycles. The topological polar surface area (TPSA) is 86.8 Å². The molecule has 0 heterocycles. The van der Waals surface area contributed by atoms with E-state index in [4.69, 9.17) is 23.2 Å². The summed E-state index contributed by atoms with van der Waals surface area (Å²) in [6, 6.07) is 11.5. The molecule has 2 aromatic carbocycles.